The maximum absolute atomic E-state index is 12.7. The Balaban J connectivity index is 1.26. The number of nitrogens with zero attached hydrogens (tertiary/aromatic N) is 4. The van der Waals surface area contributed by atoms with Crippen LogP contribution in [-0.2, 0) is 16.6 Å². The van der Waals surface area contributed by atoms with Crippen molar-refractivity contribution >= 4 is 23.7 Å². The van der Waals surface area contributed by atoms with Gasteiger partial charge in [-0.05, 0) is 39.5 Å². The first-order valence-corrected chi connectivity index (χ1v) is 11.4. The summed E-state index contributed by atoms with van der Waals surface area (Å²) < 4.78 is 7.07. The van der Waals surface area contributed by atoms with E-state index in [1.807, 2.05) is 19.9 Å². The lowest BCUT2D eigenvalue weighted by Crippen LogP contribution is -2.33. The SMILES string of the molecule is CC(C)NC(=O)O[C@@H]1CC[C@H](c2cc(NC(=O)[C@H]3CCN(C(=O)c4cnn(C)c4)C3)n[nH]2)C1. The molecule has 1 aliphatic carbocycles. The molecule has 3 amide bonds. The smallest absolute Gasteiger partial charge is 0.407 e. The van der Waals surface area contributed by atoms with Gasteiger partial charge in [0.1, 0.15) is 6.10 Å². The molecule has 0 radical (unpaired) electrons. The van der Waals surface area contributed by atoms with Crippen LogP contribution in [0.25, 0.3) is 0 Å². The Morgan fingerprint density at radius 1 is 1.24 bits per heavy atom. The van der Waals surface area contributed by atoms with Crippen LogP contribution in [0.5, 0.6) is 0 Å². The Labute approximate surface area is 192 Å². The van der Waals surface area contributed by atoms with Crippen molar-refractivity contribution in [3.63, 3.8) is 0 Å². The molecule has 0 aromatic carbocycles. The van der Waals surface area contributed by atoms with Crippen LogP contribution in [0.3, 0.4) is 0 Å². The van der Waals surface area contributed by atoms with Crippen molar-refractivity contribution in [2.75, 3.05) is 18.4 Å². The molecule has 11 heteroatoms. The molecule has 2 aliphatic rings. The number of alkyl carbamates (subject to hydrolysis) is 1. The third kappa shape index (κ3) is 5.52. The summed E-state index contributed by atoms with van der Waals surface area (Å²) in [4.78, 5) is 38.8. The van der Waals surface area contributed by atoms with E-state index in [1.54, 1.807) is 22.8 Å². The number of aromatic amines is 1. The number of aromatic nitrogens is 4. The summed E-state index contributed by atoms with van der Waals surface area (Å²) in [6, 6.07) is 1.88. The van der Waals surface area contributed by atoms with E-state index in [0.29, 0.717) is 30.9 Å². The fraction of sp³-hybridized carbons (Fsp3) is 0.591. The molecule has 1 saturated heterocycles. The van der Waals surface area contributed by atoms with Crippen molar-refractivity contribution in [3.8, 4) is 0 Å². The summed E-state index contributed by atoms with van der Waals surface area (Å²) >= 11 is 0. The van der Waals surface area contributed by atoms with Crippen LogP contribution in [0, 0.1) is 5.92 Å². The van der Waals surface area contributed by atoms with E-state index in [0.717, 1.165) is 25.0 Å². The Morgan fingerprint density at radius 2 is 2.06 bits per heavy atom. The number of carbonyl (C=O) groups excluding carboxylic acids is 3. The van der Waals surface area contributed by atoms with Gasteiger partial charge in [0.25, 0.3) is 5.91 Å². The van der Waals surface area contributed by atoms with Gasteiger partial charge in [0.15, 0.2) is 5.82 Å². The molecule has 33 heavy (non-hydrogen) atoms. The van der Waals surface area contributed by atoms with Crippen LogP contribution in [0.4, 0.5) is 10.6 Å². The number of likely N-dealkylation sites (tertiary alicyclic amines) is 1. The lowest BCUT2D eigenvalue weighted by Gasteiger charge is -2.15. The number of ether oxygens (including phenoxy) is 1. The van der Waals surface area contributed by atoms with Gasteiger partial charge in [-0.2, -0.15) is 10.2 Å². The average molecular weight is 458 g/mol. The Hall–Kier alpha value is -3.37. The van der Waals surface area contributed by atoms with E-state index in [1.165, 1.54) is 6.20 Å². The monoisotopic (exact) mass is 457 g/mol. The first-order chi connectivity index (χ1) is 15.8. The minimum absolute atomic E-state index is 0.0360. The maximum atomic E-state index is 12.7. The molecule has 0 bridgehead atoms. The molecule has 2 aromatic rings. The van der Waals surface area contributed by atoms with Crippen molar-refractivity contribution in [2.24, 2.45) is 13.0 Å². The third-order valence-corrected chi connectivity index (χ3v) is 6.15. The number of amides is 3. The van der Waals surface area contributed by atoms with Crippen LogP contribution >= 0.6 is 0 Å². The molecule has 1 saturated carbocycles. The van der Waals surface area contributed by atoms with E-state index in [4.69, 9.17) is 4.74 Å². The van der Waals surface area contributed by atoms with E-state index in [2.05, 4.69) is 25.9 Å². The van der Waals surface area contributed by atoms with Gasteiger partial charge in [-0.3, -0.25) is 19.4 Å². The molecule has 2 aromatic heterocycles. The van der Waals surface area contributed by atoms with Crippen LogP contribution in [-0.4, -0.2) is 68.0 Å². The minimum atomic E-state index is -0.388. The van der Waals surface area contributed by atoms with Gasteiger partial charge in [-0.25, -0.2) is 4.79 Å². The number of hydrogen-bond acceptors (Lipinski definition) is 6. The average Bonchev–Trinajstić information content (AvgIpc) is 3.54. The van der Waals surface area contributed by atoms with Gasteiger partial charge in [0.05, 0.1) is 17.7 Å². The molecule has 0 unspecified atom stereocenters. The van der Waals surface area contributed by atoms with Gasteiger partial charge < -0.3 is 20.3 Å². The summed E-state index contributed by atoms with van der Waals surface area (Å²) in [5.74, 6) is 0.121. The number of anilines is 1. The first kappa shape index (κ1) is 22.8. The molecule has 11 nitrogen and oxygen atoms in total. The van der Waals surface area contributed by atoms with Gasteiger partial charge >= 0.3 is 6.09 Å². The second-order valence-corrected chi connectivity index (χ2v) is 9.17. The zero-order valence-corrected chi connectivity index (χ0v) is 19.2. The van der Waals surface area contributed by atoms with E-state index >= 15 is 0 Å². The zero-order chi connectivity index (χ0) is 23.5. The summed E-state index contributed by atoms with van der Waals surface area (Å²) in [5, 5.41) is 16.9. The fourth-order valence-electron chi connectivity index (χ4n) is 4.46. The van der Waals surface area contributed by atoms with Crippen molar-refractivity contribution in [1.82, 2.24) is 30.2 Å². The molecule has 3 N–H and O–H groups in total. The zero-order valence-electron chi connectivity index (χ0n) is 19.2. The van der Waals surface area contributed by atoms with Crippen molar-refractivity contribution in [2.45, 2.75) is 57.6 Å². The van der Waals surface area contributed by atoms with E-state index in [-0.39, 0.29) is 41.9 Å². The standard InChI is InChI=1S/C22H31N7O4/c1-13(2)24-22(32)33-17-5-4-14(8-17)18-9-19(27-26-18)25-20(30)15-6-7-29(12-15)21(31)16-10-23-28(3)11-16/h9-11,13-15,17H,4-8,12H2,1-3H3,(H,24,32)(H2,25,26,27,30)/t14-,15-,17+/m0/s1. The molecular weight excluding hydrogens is 426 g/mol. The largest absolute Gasteiger partial charge is 0.446 e. The van der Waals surface area contributed by atoms with Crippen LogP contribution in [0.15, 0.2) is 18.5 Å². The Morgan fingerprint density at radius 3 is 2.79 bits per heavy atom. The normalized spacial score (nSPS) is 22.5. The first-order valence-electron chi connectivity index (χ1n) is 11.4. The summed E-state index contributed by atoms with van der Waals surface area (Å²) in [7, 11) is 1.76. The van der Waals surface area contributed by atoms with Crippen LogP contribution in [0.2, 0.25) is 0 Å². The van der Waals surface area contributed by atoms with Crippen molar-refractivity contribution in [3.05, 3.63) is 29.7 Å². The predicted octanol–water partition coefficient (Wildman–Crippen LogP) is 2.01. The summed E-state index contributed by atoms with van der Waals surface area (Å²) in [6.45, 7) is 4.68. The van der Waals surface area contributed by atoms with Gasteiger partial charge in [0, 0.05) is 50.1 Å². The van der Waals surface area contributed by atoms with Crippen LogP contribution < -0.4 is 10.6 Å². The Kier molecular flexibility index (Phi) is 6.66. The topological polar surface area (TPSA) is 134 Å². The molecule has 3 atom stereocenters. The lowest BCUT2D eigenvalue weighted by atomic mass is 10.0. The summed E-state index contributed by atoms with van der Waals surface area (Å²) in [6.07, 6.45) is 5.69. The number of nitrogens with one attached hydrogen (secondary N) is 3. The quantitative estimate of drug-likeness (QED) is 0.608. The minimum Gasteiger partial charge on any atom is -0.446 e. The van der Waals surface area contributed by atoms with Crippen LogP contribution in [0.1, 0.15) is 61.5 Å². The number of H-pyrrole nitrogens is 1. The van der Waals surface area contributed by atoms with Gasteiger partial charge in [-0.1, -0.05) is 0 Å². The molecule has 3 heterocycles. The molecule has 2 fully saturated rings. The highest BCUT2D eigenvalue weighted by Gasteiger charge is 2.33. The second kappa shape index (κ2) is 9.63. The third-order valence-electron chi connectivity index (χ3n) is 6.15. The highest BCUT2D eigenvalue weighted by molar-refractivity contribution is 5.96. The number of aryl methyl sites for hydroxylation is 1. The Bertz CT molecular complexity index is 1010. The highest BCUT2D eigenvalue weighted by atomic mass is 16.6. The van der Waals surface area contributed by atoms with Crippen molar-refractivity contribution in [1.29, 1.82) is 0 Å². The number of carbonyl (C=O) groups is 3. The number of hydrogen-bond donors (Lipinski definition) is 3. The van der Waals surface area contributed by atoms with Gasteiger partial charge in [0.2, 0.25) is 5.91 Å². The van der Waals surface area contributed by atoms with Gasteiger partial charge in [-0.15, -0.1) is 0 Å². The van der Waals surface area contributed by atoms with E-state index < -0.39 is 0 Å². The molecular formula is C22H31N7O4. The summed E-state index contributed by atoms with van der Waals surface area (Å²) in [5.41, 5.74) is 1.44. The second-order valence-electron chi connectivity index (χ2n) is 9.17. The fourth-order valence-corrected chi connectivity index (χ4v) is 4.46. The predicted molar refractivity (Wildman–Crippen MR) is 120 cm³/mol. The highest BCUT2D eigenvalue weighted by Crippen LogP contribution is 2.36. The molecule has 0 spiro atoms. The molecule has 178 valence electrons. The maximum Gasteiger partial charge on any atom is 0.407 e. The molecule has 1 aliphatic heterocycles. The lowest BCUT2D eigenvalue weighted by molar-refractivity contribution is -0.119. The van der Waals surface area contributed by atoms with Crippen molar-refractivity contribution < 1.29 is 19.1 Å². The van der Waals surface area contributed by atoms with E-state index in [9.17, 15) is 14.4 Å². The molecule has 4 rings (SSSR count). The number of rotatable bonds is 6.